The Morgan fingerprint density at radius 3 is 2.39 bits per heavy atom. The SMILES string of the molecule is Cc1ccc(S(=O)(=O)Nc2ccc(C(=O)/C=C/c3ccccc3OCC#N)cc2)cc1. The van der Waals surface area contributed by atoms with Crippen LogP contribution in [0.2, 0.25) is 0 Å². The highest BCUT2D eigenvalue weighted by molar-refractivity contribution is 7.92. The van der Waals surface area contributed by atoms with E-state index in [4.69, 9.17) is 10.00 Å². The number of anilines is 1. The van der Waals surface area contributed by atoms with Crippen LogP contribution in [0.4, 0.5) is 5.69 Å². The van der Waals surface area contributed by atoms with Crippen LogP contribution in [-0.4, -0.2) is 20.8 Å². The second-order valence-corrected chi connectivity index (χ2v) is 8.36. The van der Waals surface area contributed by atoms with Gasteiger partial charge in [0.1, 0.15) is 11.8 Å². The van der Waals surface area contributed by atoms with Gasteiger partial charge in [-0.05, 0) is 61.5 Å². The van der Waals surface area contributed by atoms with Gasteiger partial charge in [0, 0.05) is 16.8 Å². The Bertz CT molecular complexity index is 1240. The van der Waals surface area contributed by atoms with Gasteiger partial charge in [-0.1, -0.05) is 35.9 Å². The summed E-state index contributed by atoms with van der Waals surface area (Å²) in [5, 5.41) is 8.66. The van der Waals surface area contributed by atoms with Crippen molar-refractivity contribution in [2.24, 2.45) is 0 Å². The third kappa shape index (κ3) is 5.81. The zero-order chi connectivity index (χ0) is 22.3. The molecule has 3 rings (SSSR count). The van der Waals surface area contributed by atoms with Crippen molar-refractivity contribution >= 4 is 27.6 Å². The Hall–Kier alpha value is -3.89. The van der Waals surface area contributed by atoms with Crippen molar-refractivity contribution in [1.29, 1.82) is 5.26 Å². The Kier molecular flexibility index (Phi) is 6.85. The third-order valence-corrected chi connectivity index (χ3v) is 5.78. The van der Waals surface area contributed by atoms with Crippen LogP contribution in [0.25, 0.3) is 6.08 Å². The predicted molar refractivity (Wildman–Crippen MR) is 119 cm³/mol. The smallest absolute Gasteiger partial charge is 0.261 e. The number of sulfonamides is 1. The second kappa shape index (κ2) is 9.74. The summed E-state index contributed by atoms with van der Waals surface area (Å²) in [6.45, 7) is 1.80. The van der Waals surface area contributed by atoms with Crippen molar-refractivity contribution in [3.8, 4) is 11.8 Å². The minimum Gasteiger partial charge on any atom is -0.478 e. The highest BCUT2D eigenvalue weighted by Crippen LogP contribution is 2.21. The molecular weight excluding hydrogens is 412 g/mol. The average molecular weight is 433 g/mol. The lowest BCUT2D eigenvalue weighted by Crippen LogP contribution is -2.13. The zero-order valence-electron chi connectivity index (χ0n) is 16.8. The van der Waals surface area contributed by atoms with Gasteiger partial charge in [0.15, 0.2) is 12.4 Å². The molecule has 3 aromatic rings. The van der Waals surface area contributed by atoms with Crippen LogP contribution in [0.5, 0.6) is 5.75 Å². The van der Waals surface area contributed by atoms with Crippen molar-refractivity contribution in [1.82, 2.24) is 0 Å². The number of ether oxygens (including phenoxy) is 1. The summed E-state index contributed by atoms with van der Waals surface area (Å²) in [6, 6.07) is 21.7. The number of para-hydroxylation sites is 1. The van der Waals surface area contributed by atoms with Crippen LogP contribution in [0, 0.1) is 18.3 Å². The average Bonchev–Trinajstić information content (AvgIpc) is 2.77. The fourth-order valence-electron chi connectivity index (χ4n) is 2.76. The summed E-state index contributed by atoms with van der Waals surface area (Å²) in [5.74, 6) is 0.261. The molecule has 0 heterocycles. The maximum atomic E-state index is 12.5. The molecular formula is C24H20N2O4S. The van der Waals surface area contributed by atoms with Gasteiger partial charge < -0.3 is 4.74 Å². The van der Waals surface area contributed by atoms with Crippen LogP contribution in [0.1, 0.15) is 21.5 Å². The fourth-order valence-corrected chi connectivity index (χ4v) is 3.81. The molecule has 6 nitrogen and oxygen atoms in total. The van der Waals surface area contributed by atoms with Gasteiger partial charge in [-0.3, -0.25) is 9.52 Å². The molecule has 0 saturated heterocycles. The van der Waals surface area contributed by atoms with Crippen LogP contribution in [0.15, 0.2) is 83.8 Å². The molecule has 0 radical (unpaired) electrons. The number of nitrogens with one attached hydrogen (secondary N) is 1. The number of hydrogen-bond acceptors (Lipinski definition) is 5. The first-order valence-electron chi connectivity index (χ1n) is 9.40. The molecule has 0 atom stereocenters. The number of hydrogen-bond donors (Lipinski definition) is 1. The van der Waals surface area contributed by atoms with E-state index < -0.39 is 10.0 Å². The van der Waals surface area contributed by atoms with Crippen LogP contribution < -0.4 is 9.46 Å². The number of allylic oxidation sites excluding steroid dienone is 1. The maximum Gasteiger partial charge on any atom is 0.261 e. The van der Waals surface area contributed by atoms with Gasteiger partial charge in [0.05, 0.1) is 4.90 Å². The quantitative estimate of drug-likeness (QED) is 0.415. The van der Waals surface area contributed by atoms with Gasteiger partial charge >= 0.3 is 0 Å². The van der Waals surface area contributed by atoms with Crippen LogP contribution in [-0.2, 0) is 10.0 Å². The van der Waals surface area contributed by atoms with E-state index in [0.29, 0.717) is 22.6 Å². The van der Waals surface area contributed by atoms with Crippen molar-refractivity contribution < 1.29 is 17.9 Å². The minimum absolute atomic E-state index is 0.0846. The van der Waals surface area contributed by atoms with Crippen LogP contribution >= 0.6 is 0 Å². The molecule has 3 aromatic carbocycles. The van der Waals surface area contributed by atoms with E-state index in [1.165, 1.54) is 18.2 Å². The molecule has 31 heavy (non-hydrogen) atoms. The number of aryl methyl sites for hydroxylation is 1. The molecule has 0 spiro atoms. The number of carbonyl (C=O) groups is 1. The number of nitrogens with zero attached hydrogens (tertiary/aromatic N) is 1. The molecule has 0 bridgehead atoms. The zero-order valence-corrected chi connectivity index (χ0v) is 17.6. The molecule has 0 aliphatic rings. The first kappa shape index (κ1) is 21.8. The van der Waals surface area contributed by atoms with E-state index >= 15 is 0 Å². The van der Waals surface area contributed by atoms with Gasteiger partial charge in [-0.2, -0.15) is 5.26 Å². The van der Waals surface area contributed by atoms with Crippen molar-refractivity contribution in [2.75, 3.05) is 11.3 Å². The Morgan fingerprint density at radius 1 is 1.03 bits per heavy atom. The highest BCUT2D eigenvalue weighted by atomic mass is 32.2. The van der Waals surface area contributed by atoms with E-state index in [1.54, 1.807) is 66.7 Å². The number of rotatable bonds is 8. The van der Waals surface area contributed by atoms with Gasteiger partial charge in [0.25, 0.3) is 10.0 Å². The van der Waals surface area contributed by atoms with Gasteiger partial charge in [0.2, 0.25) is 0 Å². The summed E-state index contributed by atoms with van der Waals surface area (Å²) in [5.41, 5.74) is 2.41. The molecule has 7 heteroatoms. The summed E-state index contributed by atoms with van der Waals surface area (Å²) in [4.78, 5) is 12.6. The minimum atomic E-state index is -3.71. The lowest BCUT2D eigenvalue weighted by atomic mass is 10.1. The third-order valence-electron chi connectivity index (χ3n) is 4.38. The molecule has 0 aliphatic heterocycles. The summed E-state index contributed by atoms with van der Waals surface area (Å²) >= 11 is 0. The molecule has 0 aromatic heterocycles. The topological polar surface area (TPSA) is 96.3 Å². The monoisotopic (exact) mass is 432 g/mol. The number of ketones is 1. The van der Waals surface area contributed by atoms with E-state index in [1.807, 2.05) is 13.0 Å². The molecule has 0 fully saturated rings. The lowest BCUT2D eigenvalue weighted by molar-refractivity contribution is 0.104. The van der Waals surface area contributed by atoms with Crippen LogP contribution in [0.3, 0.4) is 0 Å². The van der Waals surface area contributed by atoms with Crippen molar-refractivity contribution in [3.63, 3.8) is 0 Å². The summed E-state index contributed by atoms with van der Waals surface area (Å²) in [6.07, 6.45) is 3.02. The standard InChI is InChI=1S/C24H20N2O4S/c1-18-6-13-22(14-7-18)31(28,29)26-21-11-8-19(9-12-21)23(27)15-10-20-4-2-3-5-24(20)30-17-16-25/h2-15,26H,17H2,1H3/b15-10+. The molecule has 1 N–H and O–H groups in total. The van der Waals surface area contributed by atoms with Crippen molar-refractivity contribution in [3.05, 3.63) is 95.6 Å². The Morgan fingerprint density at radius 2 is 1.71 bits per heavy atom. The number of nitriles is 1. The Balaban J connectivity index is 1.70. The number of carbonyl (C=O) groups excluding carboxylic acids is 1. The predicted octanol–water partition coefficient (Wildman–Crippen LogP) is 4.59. The van der Waals surface area contributed by atoms with E-state index in [0.717, 1.165) is 5.56 Å². The van der Waals surface area contributed by atoms with Gasteiger partial charge in [-0.25, -0.2) is 8.42 Å². The van der Waals surface area contributed by atoms with Crippen molar-refractivity contribution in [2.45, 2.75) is 11.8 Å². The second-order valence-electron chi connectivity index (χ2n) is 6.68. The normalized spacial score (nSPS) is 11.1. The maximum absolute atomic E-state index is 12.5. The molecule has 0 aliphatic carbocycles. The summed E-state index contributed by atoms with van der Waals surface area (Å²) in [7, 11) is -3.71. The lowest BCUT2D eigenvalue weighted by Gasteiger charge is -2.09. The first-order chi connectivity index (χ1) is 14.9. The van der Waals surface area contributed by atoms with E-state index in [-0.39, 0.29) is 17.3 Å². The molecule has 156 valence electrons. The summed E-state index contributed by atoms with van der Waals surface area (Å²) < 4.78 is 32.8. The van der Waals surface area contributed by atoms with E-state index in [2.05, 4.69) is 4.72 Å². The Labute approximate surface area is 181 Å². The fraction of sp³-hybridized carbons (Fsp3) is 0.0833. The molecule has 0 amide bonds. The highest BCUT2D eigenvalue weighted by Gasteiger charge is 2.14. The molecule has 0 unspecified atom stereocenters. The number of benzene rings is 3. The molecule has 0 saturated carbocycles. The largest absolute Gasteiger partial charge is 0.478 e. The van der Waals surface area contributed by atoms with Gasteiger partial charge in [-0.15, -0.1) is 0 Å². The van der Waals surface area contributed by atoms with E-state index in [9.17, 15) is 13.2 Å². The first-order valence-corrected chi connectivity index (χ1v) is 10.9.